The van der Waals surface area contributed by atoms with Crippen molar-refractivity contribution in [2.45, 2.75) is 26.3 Å². The molecular weight excluding hydrogens is 342 g/mol. The average molecular weight is 365 g/mol. The topological polar surface area (TPSA) is 68.0 Å². The summed E-state index contributed by atoms with van der Waals surface area (Å²) in [4.78, 5) is 17.1. The van der Waals surface area contributed by atoms with Crippen LogP contribution in [0.5, 0.6) is 5.75 Å². The largest absolute Gasteiger partial charge is 0.496 e. The number of methoxy groups -OCH3 is 1. The lowest BCUT2D eigenvalue weighted by molar-refractivity contribution is -0.384. The molecule has 1 aliphatic heterocycles. The van der Waals surface area contributed by atoms with E-state index >= 15 is 0 Å². The van der Waals surface area contributed by atoms with Gasteiger partial charge in [-0.25, -0.2) is 0 Å². The summed E-state index contributed by atoms with van der Waals surface area (Å²) in [5.41, 5.74) is 4.70. The number of rotatable bonds is 4. The van der Waals surface area contributed by atoms with E-state index in [-0.39, 0.29) is 11.2 Å². The van der Waals surface area contributed by atoms with Crippen molar-refractivity contribution in [2.75, 3.05) is 19.1 Å². The van der Waals surface area contributed by atoms with Gasteiger partial charge >= 0.3 is 0 Å². The quantitative estimate of drug-likeness (QED) is 0.435. The molecule has 3 rings (SSSR count). The van der Waals surface area contributed by atoms with E-state index in [1.165, 1.54) is 17.7 Å². The highest BCUT2D eigenvalue weighted by molar-refractivity contribution is 5.92. The number of nitro groups is 1. The van der Waals surface area contributed by atoms with Crippen molar-refractivity contribution in [1.29, 1.82) is 0 Å². The molecule has 0 saturated carbocycles. The van der Waals surface area contributed by atoms with Crippen LogP contribution in [-0.2, 0) is 0 Å². The molecule has 2 aromatic rings. The predicted molar refractivity (Wildman–Crippen MR) is 109 cm³/mol. The third-order valence-electron chi connectivity index (χ3n) is 4.96. The number of hydrogen-bond donors (Lipinski definition) is 0. The van der Waals surface area contributed by atoms with Crippen LogP contribution in [0.4, 0.5) is 17.1 Å². The number of ether oxygens (including phenoxy) is 1. The Balaban J connectivity index is 2.04. The fraction of sp³-hybridized carbons (Fsp3) is 0.286. The number of likely N-dealkylation sites (N-methyl/N-ethyl adjacent to an activating group) is 1. The maximum Gasteiger partial charge on any atom is 0.271 e. The van der Waals surface area contributed by atoms with E-state index < -0.39 is 4.92 Å². The monoisotopic (exact) mass is 365 g/mol. The van der Waals surface area contributed by atoms with Gasteiger partial charge in [0.2, 0.25) is 0 Å². The summed E-state index contributed by atoms with van der Waals surface area (Å²) >= 11 is 0. The number of allylic oxidation sites excluding steroid dienone is 1. The highest BCUT2D eigenvalue weighted by Gasteiger charge is 2.29. The molecule has 2 aromatic carbocycles. The van der Waals surface area contributed by atoms with E-state index in [0.29, 0.717) is 11.4 Å². The fourth-order valence-corrected chi connectivity index (χ4v) is 3.30. The van der Waals surface area contributed by atoms with Gasteiger partial charge in [0.25, 0.3) is 5.69 Å². The van der Waals surface area contributed by atoms with Crippen LogP contribution in [0.25, 0.3) is 5.57 Å². The van der Waals surface area contributed by atoms with Crippen molar-refractivity contribution in [3.8, 4) is 5.75 Å². The van der Waals surface area contributed by atoms with E-state index in [1.54, 1.807) is 25.5 Å². The summed E-state index contributed by atoms with van der Waals surface area (Å²) < 4.78 is 5.57. The molecule has 0 saturated heterocycles. The van der Waals surface area contributed by atoms with E-state index in [0.717, 1.165) is 16.8 Å². The van der Waals surface area contributed by atoms with Gasteiger partial charge in [-0.15, -0.1) is 0 Å². The normalized spacial score (nSPS) is 15.4. The lowest BCUT2D eigenvalue weighted by Gasteiger charge is -2.40. The van der Waals surface area contributed by atoms with Crippen LogP contribution in [-0.4, -0.2) is 30.8 Å². The van der Waals surface area contributed by atoms with Crippen molar-refractivity contribution >= 4 is 28.8 Å². The number of benzene rings is 2. The van der Waals surface area contributed by atoms with Crippen molar-refractivity contribution in [2.24, 2.45) is 4.99 Å². The highest BCUT2D eigenvalue weighted by atomic mass is 16.6. The standard InChI is InChI=1S/C21H23N3O3/c1-14-12-21(2,3)23(4)19-11-20(27-5)15(9-18(14)19)13-22-16-7-6-8-17(10-16)24(25)26/h6-13H,1-5H3. The third kappa shape index (κ3) is 3.56. The van der Waals surface area contributed by atoms with Crippen molar-refractivity contribution in [3.05, 3.63) is 63.7 Å². The van der Waals surface area contributed by atoms with Gasteiger partial charge in [0.05, 0.1) is 23.3 Å². The second-order valence-electron chi connectivity index (χ2n) is 7.19. The summed E-state index contributed by atoms with van der Waals surface area (Å²) in [6.45, 7) is 6.44. The lowest BCUT2D eigenvalue weighted by Crippen LogP contribution is -2.42. The molecule has 0 fully saturated rings. The second kappa shape index (κ2) is 6.87. The third-order valence-corrected chi connectivity index (χ3v) is 4.96. The number of nitrogens with zero attached hydrogens (tertiary/aromatic N) is 3. The first kappa shape index (κ1) is 18.6. The van der Waals surface area contributed by atoms with Crippen LogP contribution in [0.2, 0.25) is 0 Å². The summed E-state index contributed by atoms with van der Waals surface area (Å²) in [5, 5.41) is 10.9. The van der Waals surface area contributed by atoms with Gasteiger partial charge in [0.1, 0.15) is 5.75 Å². The highest BCUT2D eigenvalue weighted by Crippen LogP contribution is 2.41. The second-order valence-corrected chi connectivity index (χ2v) is 7.19. The van der Waals surface area contributed by atoms with Crippen LogP contribution in [0.1, 0.15) is 31.9 Å². The zero-order chi connectivity index (χ0) is 19.8. The molecule has 1 aliphatic rings. The molecule has 0 radical (unpaired) electrons. The van der Waals surface area contributed by atoms with Crippen molar-refractivity contribution in [1.82, 2.24) is 0 Å². The molecule has 27 heavy (non-hydrogen) atoms. The Labute approximate surface area is 158 Å². The molecule has 1 heterocycles. The maximum atomic E-state index is 10.9. The Morgan fingerprint density at radius 2 is 2.00 bits per heavy atom. The van der Waals surface area contributed by atoms with Gasteiger partial charge in [-0.05, 0) is 38.5 Å². The number of hydrogen-bond acceptors (Lipinski definition) is 5. The predicted octanol–water partition coefficient (Wildman–Crippen LogP) is 4.99. The minimum atomic E-state index is -0.426. The summed E-state index contributed by atoms with van der Waals surface area (Å²) in [7, 11) is 3.70. The molecule has 0 N–H and O–H groups in total. The molecule has 0 unspecified atom stereocenters. The van der Waals surface area contributed by atoms with Crippen LogP contribution in [0, 0.1) is 10.1 Å². The van der Waals surface area contributed by atoms with Crippen molar-refractivity contribution in [3.63, 3.8) is 0 Å². The Morgan fingerprint density at radius 3 is 2.67 bits per heavy atom. The van der Waals surface area contributed by atoms with Crippen molar-refractivity contribution < 1.29 is 9.66 Å². The SMILES string of the molecule is COc1cc2c(cc1C=Nc1cccc([N+](=O)[O-])c1)C(C)=CC(C)(C)N2C. The van der Waals surface area contributed by atoms with E-state index in [9.17, 15) is 10.1 Å². The Hall–Kier alpha value is -3.15. The minimum absolute atomic E-state index is 0.0182. The number of anilines is 1. The molecular formula is C21H23N3O3. The lowest BCUT2D eigenvalue weighted by atomic mass is 9.88. The van der Waals surface area contributed by atoms with Gasteiger partial charge in [0.15, 0.2) is 0 Å². The number of fused-ring (bicyclic) bond motifs is 1. The molecule has 140 valence electrons. The first-order chi connectivity index (χ1) is 12.7. The molecule has 0 aliphatic carbocycles. The fourth-order valence-electron chi connectivity index (χ4n) is 3.30. The molecule has 0 bridgehead atoms. The van der Waals surface area contributed by atoms with Gasteiger partial charge in [-0.2, -0.15) is 0 Å². The number of non-ortho nitro benzene ring substituents is 1. The van der Waals surface area contributed by atoms with Crippen LogP contribution < -0.4 is 9.64 Å². The first-order valence-electron chi connectivity index (χ1n) is 8.67. The van der Waals surface area contributed by atoms with E-state index in [4.69, 9.17) is 4.74 Å². The Bertz CT molecular complexity index is 961. The Morgan fingerprint density at radius 1 is 1.26 bits per heavy atom. The molecule has 6 heteroatoms. The smallest absolute Gasteiger partial charge is 0.271 e. The van der Waals surface area contributed by atoms with Crippen LogP contribution >= 0.6 is 0 Å². The first-order valence-corrected chi connectivity index (χ1v) is 8.67. The van der Waals surface area contributed by atoms with Crippen LogP contribution in [0.15, 0.2) is 47.5 Å². The number of nitro benzene ring substituents is 1. The molecule has 0 aromatic heterocycles. The molecule has 6 nitrogen and oxygen atoms in total. The zero-order valence-corrected chi connectivity index (χ0v) is 16.2. The Kier molecular flexibility index (Phi) is 4.74. The van der Waals surface area contributed by atoms with Gasteiger partial charge in [-0.1, -0.05) is 12.1 Å². The number of aliphatic imine (C=N–C) groups is 1. The molecule has 0 atom stereocenters. The minimum Gasteiger partial charge on any atom is -0.496 e. The summed E-state index contributed by atoms with van der Waals surface area (Å²) in [6, 6.07) is 10.3. The molecule has 0 spiro atoms. The van der Waals surface area contributed by atoms with Crippen LogP contribution in [0.3, 0.4) is 0 Å². The maximum absolute atomic E-state index is 10.9. The van der Waals surface area contributed by atoms with Gasteiger partial charge < -0.3 is 9.64 Å². The average Bonchev–Trinajstić information content (AvgIpc) is 2.63. The van der Waals surface area contributed by atoms with E-state index in [1.807, 2.05) is 12.1 Å². The van der Waals surface area contributed by atoms with Gasteiger partial charge in [-0.3, -0.25) is 15.1 Å². The van der Waals surface area contributed by atoms with E-state index in [2.05, 4.69) is 43.8 Å². The van der Waals surface area contributed by atoms with Gasteiger partial charge in [0, 0.05) is 48.3 Å². The summed E-state index contributed by atoms with van der Waals surface area (Å²) in [6.07, 6.45) is 3.93. The molecule has 0 amide bonds. The summed E-state index contributed by atoms with van der Waals surface area (Å²) in [5.74, 6) is 0.709. The zero-order valence-electron chi connectivity index (χ0n) is 16.2.